The number of carboxylic acids is 1. The van der Waals surface area contributed by atoms with Crippen LogP contribution >= 0.6 is 0 Å². The van der Waals surface area contributed by atoms with Crippen molar-refractivity contribution in [3.8, 4) is 0 Å². The predicted octanol–water partition coefficient (Wildman–Crippen LogP) is -1.43. The number of esters is 1. The van der Waals surface area contributed by atoms with Crippen molar-refractivity contribution in [2.45, 2.75) is 13.2 Å². The van der Waals surface area contributed by atoms with Crippen LogP contribution < -0.4 is 5.32 Å². The molecule has 2 unspecified atom stereocenters. The van der Waals surface area contributed by atoms with Crippen LogP contribution in [0.25, 0.3) is 0 Å². The topological polar surface area (TPSA) is 120 Å². The Balaban J connectivity index is 2.68. The number of rotatable bonds is 3. The number of amides is 1. The first-order valence-corrected chi connectivity index (χ1v) is 4.40. The lowest BCUT2D eigenvalue weighted by Crippen LogP contribution is -2.38. The van der Waals surface area contributed by atoms with Crippen LogP contribution in [0.3, 0.4) is 0 Å². The summed E-state index contributed by atoms with van der Waals surface area (Å²) in [5.41, 5.74) is 0. The van der Waals surface area contributed by atoms with Gasteiger partial charge in [0.2, 0.25) is 5.96 Å². The number of nitrogens with zero attached hydrogens (tertiary/aromatic N) is 1. The second-order valence-electron chi connectivity index (χ2n) is 3.30. The van der Waals surface area contributed by atoms with Crippen LogP contribution in [0.5, 0.6) is 0 Å². The Labute approximate surface area is 90.7 Å². The number of nitrogens with one attached hydrogen (secondary N) is 2. The predicted molar refractivity (Wildman–Crippen MR) is 50.3 cm³/mol. The molecule has 0 spiro atoms. The molecule has 1 heterocycles. The molecule has 0 aromatic heterocycles. The zero-order valence-electron chi connectivity index (χ0n) is 8.68. The number of carbonyl (C=O) groups is 3. The Kier molecular flexibility index (Phi) is 3.11. The zero-order chi connectivity index (χ0) is 12.5. The molecule has 8 heteroatoms. The summed E-state index contributed by atoms with van der Waals surface area (Å²) in [6.45, 7) is 1.16. The van der Waals surface area contributed by atoms with Gasteiger partial charge in [-0.1, -0.05) is 0 Å². The maximum Gasteiger partial charge on any atom is 0.322 e. The average Bonchev–Trinajstić information content (AvgIpc) is 2.43. The Morgan fingerprint density at radius 1 is 1.62 bits per heavy atom. The van der Waals surface area contributed by atoms with Crippen molar-refractivity contribution in [2.24, 2.45) is 5.92 Å². The number of aliphatic carboxylic acids is 1. The second-order valence-corrected chi connectivity index (χ2v) is 3.30. The molecule has 0 saturated carbocycles. The number of hydrogen-bond acceptors (Lipinski definition) is 5. The highest BCUT2D eigenvalue weighted by molar-refractivity contribution is 6.05. The summed E-state index contributed by atoms with van der Waals surface area (Å²) in [7, 11) is 1.38. The average molecular weight is 229 g/mol. The molecular formula is C8H11N3O5. The van der Waals surface area contributed by atoms with Gasteiger partial charge in [-0.2, -0.15) is 0 Å². The molecule has 2 atom stereocenters. The van der Waals surface area contributed by atoms with Crippen molar-refractivity contribution in [2.75, 3.05) is 7.05 Å². The van der Waals surface area contributed by atoms with Gasteiger partial charge in [0, 0.05) is 7.05 Å². The summed E-state index contributed by atoms with van der Waals surface area (Å²) in [6, 6.07) is 0. The van der Waals surface area contributed by atoms with Gasteiger partial charge in [-0.3, -0.25) is 25.1 Å². The third-order valence-corrected chi connectivity index (χ3v) is 2.12. The number of carbonyl (C=O) groups excluding carboxylic acids is 2. The van der Waals surface area contributed by atoms with Crippen molar-refractivity contribution >= 4 is 23.8 Å². The SMILES string of the molecule is CC(C(=O)O)C(=O)OC1C(=O)NC(=N)N1C. The molecule has 1 saturated heterocycles. The lowest BCUT2D eigenvalue weighted by molar-refractivity contribution is -0.168. The molecule has 0 bridgehead atoms. The maximum atomic E-state index is 11.3. The van der Waals surface area contributed by atoms with E-state index >= 15 is 0 Å². The molecule has 0 aromatic rings. The molecule has 8 nitrogen and oxygen atoms in total. The largest absolute Gasteiger partial charge is 0.481 e. The van der Waals surface area contributed by atoms with E-state index in [1.807, 2.05) is 0 Å². The standard InChI is InChI=1S/C8H11N3O5/c1-3(6(13)14)7(15)16-5-4(12)10-8(9)11(5)2/h3,5H,1-2H3,(H,13,14)(H2,9,10,12). The van der Waals surface area contributed by atoms with E-state index < -0.39 is 30.0 Å². The van der Waals surface area contributed by atoms with Crippen molar-refractivity contribution in [3.63, 3.8) is 0 Å². The number of likely N-dealkylation sites (N-methyl/N-ethyl adjacent to an activating group) is 1. The third kappa shape index (κ3) is 2.10. The molecule has 0 aromatic carbocycles. The third-order valence-electron chi connectivity index (χ3n) is 2.12. The molecule has 1 rings (SSSR count). The molecule has 0 aliphatic carbocycles. The minimum Gasteiger partial charge on any atom is -0.481 e. The summed E-state index contributed by atoms with van der Waals surface area (Å²) in [5, 5.41) is 17.9. The second kappa shape index (κ2) is 4.17. The van der Waals surface area contributed by atoms with Crippen LogP contribution in [0.2, 0.25) is 0 Å². The monoisotopic (exact) mass is 229 g/mol. The molecular weight excluding hydrogens is 218 g/mol. The summed E-state index contributed by atoms with van der Waals surface area (Å²) in [5.74, 6) is -4.57. The highest BCUT2D eigenvalue weighted by Gasteiger charge is 2.38. The van der Waals surface area contributed by atoms with Crippen LogP contribution in [-0.4, -0.2) is 47.1 Å². The van der Waals surface area contributed by atoms with Crippen LogP contribution in [0.1, 0.15) is 6.92 Å². The normalized spacial score (nSPS) is 21.6. The fourth-order valence-corrected chi connectivity index (χ4v) is 1.01. The lowest BCUT2D eigenvalue weighted by Gasteiger charge is -2.18. The first-order chi connectivity index (χ1) is 7.34. The van der Waals surface area contributed by atoms with Crippen LogP contribution in [0, 0.1) is 11.3 Å². The molecule has 3 N–H and O–H groups in total. The lowest BCUT2D eigenvalue weighted by atomic mass is 10.2. The first kappa shape index (κ1) is 12.0. The van der Waals surface area contributed by atoms with E-state index in [2.05, 4.69) is 10.1 Å². The summed E-state index contributed by atoms with van der Waals surface area (Å²) >= 11 is 0. The molecule has 88 valence electrons. The fourth-order valence-electron chi connectivity index (χ4n) is 1.01. The van der Waals surface area contributed by atoms with Gasteiger partial charge in [0.15, 0.2) is 5.92 Å². The van der Waals surface area contributed by atoms with Gasteiger partial charge in [0.25, 0.3) is 12.1 Å². The quantitative estimate of drug-likeness (QED) is 0.403. The minimum absolute atomic E-state index is 0.203. The highest BCUT2D eigenvalue weighted by Crippen LogP contribution is 2.09. The molecule has 1 aliphatic rings. The van der Waals surface area contributed by atoms with Gasteiger partial charge in [-0.25, -0.2) is 0 Å². The van der Waals surface area contributed by atoms with Gasteiger partial charge in [0.1, 0.15) is 0 Å². The van der Waals surface area contributed by atoms with Crippen LogP contribution in [-0.2, 0) is 19.1 Å². The molecule has 0 radical (unpaired) electrons. The number of ether oxygens (including phenoxy) is 1. The van der Waals surface area contributed by atoms with Gasteiger partial charge >= 0.3 is 11.9 Å². The zero-order valence-corrected chi connectivity index (χ0v) is 8.68. The van der Waals surface area contributed by atoms with E-state index in [-0.39, 0.29) is 5.96 Å². The first-order valence-electron chi connectivity index (χ1n) is 4.40. The number of guanidine groups is 1. The van der Waals surface area contributed by atoms with E-state index in [4.69, 9.17) is 10.5 Å². The van der Waals surface area contributed by atoms with E-state index in [1.54, 1.807) is 0 Å². The Morgan fingerprint density at radius 3 is 2.56 bits per heavy atom. The summed E-state index contributed by atoms with van der Waals surface area (Å²) in [6.07, 6.45) is -1.28. The smallest absolute Gasteiger partial charge is 0.322 e. The Hall–Kier alpha value is -2.12. The number of carboxylic acid groups (broad SMARTS) is 1. The van der Waals surface area contributed by atoms with Gasteiger partial charge in [0.05, 0.1) is 0 Å². The maximum absolute atomic E-state index is 11.3. The van der Waals surface area contributed by atoms with Crippen molar-refractivity contribution in [3.05, 3.63) is 0 Å². The van der Waals surface area contributed by atoms with Gasteiger partial charge < -0.3 is 14.7 Å². The van der Waals surface area contributed by atoms with Gasteiger partial charge in [-0.05, 0) is 6.92 Å². The molecule has 1 aliphatic heterocycles. The minimum atomic E-state index is -1.35. The fraction of sp³-hybridized carbons (Fsp3) is 0.500. The van der Waals surface area contributed by atoms with E-state index in [0.717, 1.165) is 11.8 Å². The van der Waals surface area contributed by atoms with Gasteiger partial charge in [-0.15, -0.1) is 0 Å². The van der Waals surface area contributed by atoms with Crippen LogP contribution in [0.15, 0.2) is 0 Å². The van der Waals surface area contributed by atoms with Crippen LogP contribution in [0.4, 0.5) is 0 Å². The van der Waals surface area contributed by atoms with E-state index in [0.29, 0.717) is 0 Å². The van der Waals surface area contributed by atoms with Crippen molar-refractivity contribution in [1.29, 1.82) is 5.41 Å². The summed E-state index contributed by atoms with van der Waals surface area (Å²) < 4.78 is 4.68. The van der Waals surface area contributed by atoms with E-state index in [9.17, 15) is 14.4 Å². The van der Waals surface area contributed by atoms with E-state index in [1.165, 1.54) is 7.05 Å². The summed E-state index contributed by atoms with van der Waals surface area (Å²) in [4.78, 5) is 34.0. The number of hydrogen-bond donors (Lipinski definition) is 3. The molecule has 16 heavy (non-hydrogen) atoms. The molecule has 1 fully saturated rings. The Bertz CT molecular complexity index is 367. The molecule has 1 amide bonds. The Morgan fingerprint density at radius 2 is 2.19 bits per heavy atom. The highest BCUT2D eigenvalue weighted by atomic mass is 16.6. The van der Waals surface area contributed by atoms with Crippen molar-refractivity contribution < 1.29 is 24.2 Å². The van der Waals surface area contributed by atoms with Crippen molar-refractivity contribution in [1.82, 2.24) is 10.2 Å².